The number of benzene rings is 1. The first-order valence-corrected chi connectivity index (χ1v) is 5.87. The molecule has 2 rings (SSSR count). The molecule has 1 N–H and O–H groups in total. The minimum atomic E-state index is -0.603. The van der Waals surface area contributed by atoms with Crippen LogP contribution < -0.4 is 0 Å². The first-order valence-electron chi connectivity index (χ1n) is 4.99. The zero-order chi connectivity index (χ0) is 11.5. The molecule has 2 nitrogen and oxygen atoms in total. The highest BCUT2D eigenvalue weighted by Crippen LogP contribution is 2.24. The van der Waals surface area contributed by atoms with E-state index in [9.17, 15) is 9.50 Å². The Morgan fingerprint density at radius 2 is 2.31 bits per heavy atom. The zero-order valence-electron chi connectivity index (χ0n) is 8.85. The molecule has 1 heterocycles. The maximum atomic E-state index is 12.9. The predicted octanol–water partition coefficient (Wildman–Crippen LogP) is 2.87. The minimum absolute atomic E-state index is 0.272. The molecule has 0 amide bonds. The van der Waals surface area contributed by atoms with Gasteiger partial charge in [0.2, 0.25) is 0 Å². The van der Waals surface area contributed by atoms with E-state index in [0.717, 1.165) is 16.1 Å². The van der Waals surface area contributed by atoms with Gasteiger partial charge in [-0.1, -0.05) is 12.1 Å². The molecule has 1 unspecified atom stereocenters. The molecule has 0 radical (unpaired) electrons. The van der Waals surface area contributed by atoms with Crippen LogP contribution in [0, 0.1) is 12.7 Å². The van der Waals surface area contributed by atoms with Gasteiger partial charge >= 0.3 is 0 Å². The summed E-state index contributed by atoms with van der Waals surface area (Å²) in [6.07, 6.45) is -0.185. The summed E-state index contributed by atoms with van der Waals surface area (Å²) in [5, 5.41) is 9.98. The van der Waals surface area contributed by atoms with Crippen molar-refractivity contribution in [2.75, 3.05) is 0 Å². The van der Waals surface area contributed by atoms with Crippen molar-refractivity contribution < 1.29 is 9.50 Å². The van der Waals surface area contributed by atoms with Crippen LogP contribution in [0.5, 0.6) is 0 Å². The smallest absolute Gasteiger partial charge is 0.123 e. The third-order valence-corrected chi connectivity index (χ3v) is 3.44. The average molecular weight is 237 g/mol. The fourth-order valence-electron chi connectivity index (χ4n) is 1.61. The van der Waals surface area contributed by atoms with Crippen molar-refractivity contribution in [3.8, 4) is 0 Å². The van der Waals surface area contributed by atoms with E-state index < -0.39 is 6.10 Å². The second-order valence-corrected chi connectivity index (χ2v) is 4.54. The van der Waals surface area contributed by atoms with Crippen LogP contribution >= 0.6 is 11.3 Å². The van der Waals surface area contributed by atoms with Gasteiger partial charge in [0.05, 0.1) is 22.2 Å². The molecule has 0 saturated heterocycles. The van der Waals surface area contributed by atoms with E-state index in [4.69, 9.17) is 0 Å². The first kappa shape index (κ1) is 11.2. The summed E-state index contributed by atoms with van der Waals surface area (Å²) < 4.78 is 12.9. The Hall–Kier alpha value is -1.26. The maximum Gasteiger partial charge on any atom is 0.123 e. The molecule has 0 aliphatic carbocycles. The first-order chi connectivity index (χ1) is 7.66. The topological polar surface area (TPSA) is 33.1 Å². The van der Waals surface area contributed by atoms with Crippen LogP contribution in [0.15, 0.2) is 29.8 Å². The van der Waals surface area contributed by atoms with Gasteiger partial charge in [0.15, 0.2) is 0 Å². The Morgan fingerprint density at radius 3 is 2.94 bits per heavy atom. The van der Waals surface area contributed by atoms with E-state index in [1.807, 2.05) is 13.0 Å². The highest BCUT2D eigenvalue weighted by Gasteiger charge is 2.13. The Bertz CT molecular complexity index is 483. The SMILES string of the molecule is Cc1ncsc1C(O)Cc1cccc(F)c1. The lowest BCUT2D eigenvalue weighted by molar-refractivity contribution is 0.181. The molecule has 16 heavy (non-hydrogen) atoms. The molecule has 2 aromatic rings. The fourth-order valence-corrected chi connectivity index (χ4v) is 2.40. The largest absolute Gasteiger partial charge is 0.387 e. The van der Waals surface area contributed by atoms with Crippen LogP contribution in [-0.2, 0) is 6.42 Å². The molecule has 1 atom stereocenters. The van der Waals surface area contributed by atoms with E-state index in [0.29, 0.717) is 6.42 Å². The second-order valence-electron chi connectivity index (χ2n) is 3.65. The Morgan fingerprint density at radius 1 is 1.50 bits per heavy atom. The van der Waals surface area contributed by atoms with Crippen molar-refractivity contribution in [3.05, 3.63) is 51.7 Å². The zero-order valence-corrected chi connectivity index (χ0v) is 9.67. The molecule has 4 heteroatoms. The minimum Gasteiger partial charge on any atom is -0.387 e. The van der Waals surface area contributed by atoms with Crippen LogP contribution in [0.25, 0.3) is 0 Å². The molecule has 0 aliphatic rings. The standard InChI is InChI=1S/C12H12FNOS/c1-8-12(16-7-14-8)11(15)6-9-3-2-4-10(13)5-9/h2-5,7,11,15H,6H2,1H3. The number of rotatable bonds is 3. The fraction of sp³-hybridized carbons (Fsp3) is 0.250. The third-order valence-electron chi connectivity index (χ3n) is 2.40. The van der Waals surface area contributed by atoms with E-state index >= 15 is 0 Å². The Kier molecular flexibility index (Phi) is 3.31. The van der Waals surface area contributed by atoms with E-state index in [-0.39, 0.29) is 5.82 Å². The second kappa shape index (κ2) is 4.72. The molecule has 1 aromatic carbocycles. The van der Waals surface area contributed by atoms with Gasteiger partial charge in [0.1, 0.15) is 5.82 Å². The lowest BCUT2D eigenvalue weighted by atomic mass is 10.1. The maximum absolute atomic E-state index is 12.9. The number of aliphatic hydroxyl groups is 1. The number of aromatic nitrogens is 1. The van der Waals surface area contributed by atoms with Crippen molar-refractivity contribution in [1.82, 2.24) is 4.98 Å². The van der Waals surface area contributed by atoms with Gasteiger partial charge in [-0.05, 0) is 24.6 Å². The van der Waals surface area contributed by atoms with Gasteiger partial charge in [-0.2, -0.15) is 0 Å². The summed E-state index contributed by atoms with van der Waals surface area (Å²) in [5.41, 5.74) is 3.34. The van der Waals surface area contributed by atoms with Crippen LogP contribution in [0.1, 0.15) is 22.2 Å². The monoisotopic (exact) mass is 237 g/mol. The lowest BCUT2D eigenvalue weighted by Crippen LogP contribution is -2.01. The molecular formula is C12H12FNOS. The normalized spacial score (nSPS) is 12.7. The van der Waals surface area contributed by atoms with Crippen molar-refractivity contribution in [3.63, 3.8) is 0 Å². The third kappa shape index (κ3) is 2.46. The van der Waals surface area contributed by atoms with Crippen LogP contribution in [0.4, 0.5) is 4.39 Å². The molecule has 0 saturated carbocycles. The Balaban J connectivity index is 2.14. The van der Waals surface area contributed by atoms with Crippen LogP contribution in [-0.4, -0.2) is 10.1 Å². The van der Waals surface area contributed by atoms with Crippen molar-refractivity contribution in [2.45, 2.75) is 19.4 Å². The quantitative estimate of drug-likeness (QED) is 0.890. The van der Waals surface area contributed by atoms with Gasteiger partial charge in [-0.15, -0.1) is 11.3 Å². The summed E-state index contributed by atoms with van der Waals surface area (Å²) >= 11 is 1.43. The van der Waals surface area contributed by atoms with Crippen LogP contribution in [0.3, 0.4) is 0 Å². The van der Waals surface area contributed by atoms with Gasteiger partial charge in [-0.3, -0.25) is 0 Å². The Labute approximate surface area is 97.4 Å². The summed E-state index contributed by atoms with van der Waals surface area (Å²) in [5.74, 6) is -0.272. The molecule has 0 bridgehead atoms. The number of hydrogen-bond donors (Lipinski definition) is 1. The van der Waals surface area contributed by atoms with Gasteiger partial charge in [0, 0.05) is 6.42 Å². The molecular weight excluding hydrogens is 225 g/mol. The summed E-state index contributed by atoms with van der Waals surface area (Å²) in [6, 6.07) is 6.30. The average Bonchev–Trinajstić information content (AvgIpc) is 2.64. The van der Waals surface area contributed by atoms with Gasteiger partial charge < -0.3 is 5.11 Å². The van der Waals surface area contributed by atoms with Crippen molar-refractivity contribution in [2.24, 2.45) is 0 Å². The van der Waals surface area contributed by atoms with Gasteiger partial charge in [-0.25, -0.2) is 9.37 Å². The van der Waals surface area contributed by atoms with Gasteiger partial charge in [0.25, 0.3) is 0 Å². The van der Waals surface area contributed by atoms with Crippen molar-refractivity contribution >= 4 is 11.3 Å². The summed E-state index contributed by atoms with van der Waals surface area (Å²) in [6.45, 7) is 1.86. The number of hydrogen-bond acceptors (Lipinski definition) is 3. The number of aliphatic hydroxyl groups excluding tert-OH is 1. The number of thiazole rings is 1. The molecule has 1 aromatic heterocycles. The van der Waals surface area contributed by atoms with Crippen LogP contribution in [0.2, 0.25) is 0 Å². The van der Waals surface area contributed by atoms with E-state index in [1.165, 1.54) is 23.5 Å². The molecule has 84 valence electrons. The highest BCUT2D eigenvalue weighted by atomic mass is 32.1. The van der Waals surface area contributed by atoms with E-state index in [2.05, 4.69) is 4.98 Å². The number of nitrogens with zero attached hydrogens (tertiary/aromatic N) is 1. The number of aryl methyl sites for hydroxylation is 1. The molecule has 0 fully saturated rings. The molecule has 0 spiro atoms. The highest BCUT2D eigenvalue weighted by molar-refractivity contribution is 7.09. The lowest BCUT2D eigenvalue weighted by Gasteiger charge is -2.09. The van der Waals surface area contributed by atoms with Crippen molar-refractivity contribution in [1.29, 1.82) is 0 Å². The molecule has 0 aliphatic heterocycles. The van der Waals surface area contributed by atoms with E-state index in [1.54, 1.807) is 11.6 Å². The summed E-state index contributed by atoms with van der Waals surface area (Å²) in [7, 11) is 0. The number of halogens is 1. The predicted molar refractivity (Wildman–Crippen MR) is 61.9 cm³/mol. The summed E-state index contributed by atoms with van der Waals surface area (Å²) in [4.78, 5) is 4.93.